The van der Waals surface area contributed by atoms with Gasteiger partial charge in [0.25, 0.3) is 5.69 Å². The number of anilines is 1. The van der Waals surface area contributed by atoms with E-state index in [1.165, 1.54) is 12.1 Å². The van der Waals surface area contributed by atoms with Crippen molar-refractivity contribution >= 4 is 17.7 Å². The van der Waals surface area contributed by atoms with Crippen LogP contribution in [0.1, 0.15) is 12.6 Å². The van der Waals surface area contributed by atoms with E-state index < -0.39 is 4.92 Å². The van der Waals surface area contributed by atoms with Gasteiger partial charge in [-0.15, -0.1) is 0 Å². The minimum atomic E-state index is -0.524. The summed E-state index contributed by atoms with van der Waals surface area (Å²) in [4.78, 5) is 30.0. The third-order valence-electron chi connectivity index (χ3n) is 4.14. The van der Waals surface area contributed by atoms with Crippen molar-refractivity contribution in [1.82, 2.24) is 9.88 Å². The Hall–Kier alpha value is -3.61. The minimum Gasteiger partial charge on any atom is -0.450 e. The Balaban J connectivity index is 1.84. The first-order valence-corrected chi connectivity index (χ1v) is 8.36. The quantitative estimate of drug-likeness (QED) is 0.592. The number of nitro groups is 1. The van der Waals surface area contributed by atoms with Gasteiger partial charge in [0.2, 0.25) is 17.5 Å². The molecular weight excluding hydrogens is 354 g/mol. The van der Waals surface area contributed by atoms with Gasteiger partial charge in [0.15, 0.2) is 0 Å². The minimum absolute atomic E-state index is 0.0154. The van der Waals surface area contributed by atoms with Gasteiger partial charge < -0.3 is 19.0 Å². The second kappa shape index (κ2) is 7.74. The second-order valence-corrected chi connectivity index (χ2v) is 5.73. The lowest BCUT2D eigenvalue weighted by molar-refractivity contribution is -0.384. The van der Waals surface area contributed by atoms with Gasteiger partial charge >= 0.3 is 6.09 Å². The summed E-state index contributed by atoms with van der Waals surface area (Å²) in [6.07, 6.45) is -0.379. The highest BCUT2D eigenvalue weighted by Gasteiger charge is 2.28. The smallest absolute Gasteiger partial charge is 0.409 e. The molecule has 0 aliphatic carbocycles. The fraction of sp³-hybridized carbons (Fsp3) is 0.353. The normalized spacial score (nSPS) is 13.9. The zero-order chi connectivity index (χ0) is 19.4. The van der Waals surface area contributed by atoms with Gasteiger partial charge in [-0.05, 0) is 13.0 Å². The van der Waals surface area contributed by atoms with Crippen molar-refractivity contribution in [2.75, 3.05) is 37.7 Å². The maximum Gasteiger partial charge on any atom is 0.409 e. The molecule has 2 aromatic rings. The van der Waals surface area contributed by atoms with E-state index in [4.69, 9.17) is 9.15 Å². The van der Waals surface area contributed by atoms with Crippen LogP contribution in [0, 0.1) is 21.4 Å². The maximum atomic E-state index is 11.8. The number of amides is 1. The number of rotatable bonds is 4. The molecule has 1 aromatic heterocycles. The molecule has 140 valence electrons. The lowest BCUT2D eigenvalue weighted by Gasteiger charge is -2.33. The monoisotopic (exact) mass is 371 g/mol. The number of nitrogens with zero attached hydrogens (tertiary/aromatic N) is 5. The van der Waals surface area contributed by atoms with Crippen molar-refractivity contribution in [3.63, 3.8) is 0 Å². The van der Waals surface area contributed by atoms with Crippen LogP contribution in [0.2, 0.25) is 0 Å². The highest BCUT2D eigenvalue weighted by molar-refractivity contribution is 5.70. The summed E-state index contributed by atoms with van der Waals surface area (Å²) < 4.78 is 10.7. The largest absolute Gasteiger partial charge is 0.450 e. The van der Waals surface area contributed by atoms with E-state index in [1.807, 2.05) is 6.07 Å². The van der Waals surface area contributed by atoms with Gasteiger partial charge in [-0.3, -0.25) is 10.1 Å². The number of hydrogen-bond donors (Lipinski definition) is 0. The molecule has 1 amide bonds. The number of nitriles is 1. The predicted molar refractivity (Wildman–Crippen MR) is 94.1 cm³/mol. The zero-order valence-electron chi connectivity index (χ0n) is 14.6. The fourth-order valence-corrected chi connectivity index (χ4v) is 2.84. The summed E-state index contributed by atoms with van der Waals surface area (Å²) in [5.74, 6) is 0.260. The summed E-state index contributed by atoms with van der Waals surface area (Å²) in [6.45, 7) is 3.72. The lowest BCUT2D eigenvalue weighted by atomic mass is 10.2. The number of benzene rings is 1. The van der Waals surface area contributed by atoms with Gasteiger partial charge in [-0.2, -0.15) is 10.2 Å². The van der Waals surface area contributed by atoms with Crippen molar-refractivity contribution in [3.8, 4) is 17.5 Å². The van der Waals surface area contributed by atoms with E-state index in [0.29, 0.717) is 32.8 Å². The number of aromatic nitrogens is 1. The van der Waals surface area contributed by atoms with Crippen LogP contribution in [-0.4, -0.2) is 53.7 Å². The molecule has 27 heavy (non-hydrogen) atoms. The molecule has 1 aromatic carbocycles. The van der Waals surface area contributed by atoms with Crippen LogP contribution < -0.4 is 4.90 Å². The first-order chi connectivity index (χ1) is 13.0. The Morgan fingerprint density at radius 2 is 2.07 bits per heavy atom. The Kier molecular flexibility index (Phi) is 5.21. The van der Waals surface area contributed by atoms with Crippen LogP contribution in [-0.2, 0) is 4.74 Å². The average molecular weight is 371 g/mol. The molecule has 0 radical (unpaired) electrons. The van der Waals surface area contributed by atoms with E-state index in [9.17, 15) is 20.2 Å². The van der Waals surface area contributed by atoms with Crippen molar-refractivity contribution in [3.05, 3.63) is 40.1 Å². The van der Waals surface area contributed by atoms with E-state index in [1.54, 1.807) is 28.9 Å². The van der Waals surface area contributed by atoms with Crippen molar-refractivity contribution < 1.29 is 18.9 Å². The van der Waals surface area contributed by atoms with E-state index in [0.717, 1.165) is 0 Å². The molecule has 10 heteroatoms. The highest BCUT2D eigenvalue weighted by atomic mass is 16.6. The molecule has 0 unspecified atom stereocenters. The van der Waals surface area contributed by atoms with Crippen molar-refractivity contribution in [1.29, 1.82) is 5.26 Å². The molecule has 0 saturated carbocycles. The van der Waals surface area contributed by atoms with Crippen LogP contribution in [0.4, 0.5) is 16.4 Å². The molecule has 0 atom stereocenters. The molecule has 0 spiro atoms. The first-order valence-electron chi connectivity index (χ1n) is 8.36. The van der Waals surface area contributed by atoms with E-state index >= 15 is 0 Å². The third kappa shape index (κ3) is 3.67. The summed E-state index contributed by atoms with van der Waals surface area (Å²) in [6, 6.07) is 8.02. The average Bonchev–Trinajstić information content (AvgIpc) is 3.12. The second-order valence-electron chi connectivity index (χ2n) is 5.73. The summed E-state index contributed by atoms with van der Waals surface area (Å²) in [7, 11) is 0. The summed E-state index contributed by atoms with van der Waals surface area (Å²) in [5.41, 5.74) is 0.102. The van der Waals surface area contributed by atoms with Crippen LogP contribution in [0.5, 0.6) is 0 Å². The van der Waals surface area contributed by atoms with Gasteiger partial charge in [-0.1, -0.05) is 12.1 Å². The molecule has 3 rings (SSSR count). The number of hydrogen-bond acceptors (Lipinski definition) is 8. The number of oxazole rings is 1. The Morgan fingerprint density at radius 1 is 1.37 bits per heavy atom. The number of carbonyl (C=O) groups is 1. The molecule has 0 bridgehead atoms. The number of para-hydroxylation sites is 1. The Bertz CT molecular complexity index is 895. The Morgan fingerprint density at radius 3 is 2.70 bits per heavy atom. The van der Waals surface area contributed by atoms with E-state index in [2.05, 4.69) is 4.98 Å². The molecule has 10 nitrogen and oxygen atoms in total. The topological polar surface area (TPSA) is 126 Å². The van der Waals surface area contributed by atoms with Crippen LogP contribution in [0.3, 0.4) is 0 Å². The number of carbonyl (C=O) groups excluding carboxylic acids is 1. The molecule has 1 saturated heterocycles. The third-order valence-corrected chi connectivity index (χ3v) is 4.14. The van der Waals surface area contributed by atoms with Gasteiger partial charge in [-0.25, -0.2) is 4.79 Å². The predicted octanol–water partition coefficient (Wildman–Crippen LogP) is 2.40. The van der Waals surface area contributed by atoms with Gasteiger partial charge in [0.05, 0.1) is 11.5 Å². The zero-order valence-corrected chi connectivity index (χ0v) is 14.6. The molecule has 1 fully saturated rings. The van der Waals surface area contributed by atoms with Crippen LogP contribution in [0.25, 0.3) is 11.5 Å². The fourth-order valence-electron chi connectivity index (χ4n) is 2.84. The summed E-state index contributed by atoms with van der Waals surface area (Å²) >= 11 is 0. The molecule has 1 aliphatic rings. The van der Waals surface area contributed by atoms with Crippen molar-refractivity contribution in [2.24, 2.45) is 0 Å². The van der Waals surface area contributed by atoms with Crippen molar-refractivity contribution in [2.45, 2.75) is 6.92 Å². The molecule has 1 aliphatic heterocycles. The number of piperazine rings is 1. The standard InChI is InChI=1S/C17H17N5O5/c1-2-26-17(23)21-9-7-20(8-10-21)16-13(11-18)19-15(27-16)12-5-3-4-6-14(12)22(24)25/h3-6H,2,7-10H2,1H3. The number of nitro benzene ring substituents is 1. The summed E-state index contributed by atoms with van der Waals surface area (Å²) in [5, 5.41) is 20.6. The van der Waals surface area contributed by atoms with Crippen LogP contribution in [0.15, 0.2) is 28.7 Å². The molecule has 2 heterocycles. The number of ether oxygens (including phenoxy) is 1. The van der Waals surface area contributed by atoms with E-state index in [-0.39, 0.29) is 34.8 Å². The molecular formula is C17H17N5O5. The Labute approximate surface area is 154 Å². The lowest BCUT2D eigenvalue weighted by Crippen LogP contribution is -2.49. The molecule has 0 N–H and O–H groups in total. The van der Waals surface area contributed by atoms with Gasteiger partial charge in [0.1, 0.15) is 11.6 Å². The SMILES string of the molecule is CCOC(=O)N1CCN(c2oc(-c3ccccc3[N+](=O)[O-])nc2C#N)CC1. The maximum absolute atomic E-state index is 11.8. The van der Waals surface area contributed by atoms with Gasteiger partial charge in [0, 0.05) is 32.2 Å². The highest BCUT2D eigenvalue weighted by Crippen LogP contribution is 2.33. The first kappa shape index (κ1) is 18.2. The van der Waals surface area contributed by atoms with Crippen LogP contribution >= 0.6 is 0 Å².